The largest absolute Gasteiger partial charge is 0.472 e. The lowest BCUT2D eigenvalue weighted by atomic mass is 10.0. The van der Waals surface area contributed by atoms with E-state index in [4.69, 9.17) is 37.0 Å². The first-order chi connectivity index (χ1) is 37.5. The fourth-order valence-electron chi connectivity index (χ4n) is 8.70. The number of ether oxygens (including phenoxy) is 4. The maximum Gasteiger partial charge on any atom is 0.472 e. The number of unbranched alkanes of at least 4 members (excludes halogenated alkanes) is 31. The molecule has 0 aromatic carbocycles. The number of rotatable bonds is 59. The summed E-state index contributed by atoms with van der Waals surface area (Å²) in [5, 5.41) is 10.5. The number of esters is 4. The molecule has 0 heterocycles. The maximum absolute atomic E-state index is 12.9. The molecule has 0 aromatic heterocycles. The van der Waals surface area contributed by atoms with Crippen LogP contribution >= 0.6 is 15.6 Å². The van der Waals surface area contributed by atoms with Crippen LogP contribution in [0.2, 0.25) is 0 Å². The molecule has 5 atom stereocenters. The molecule has 17 nitrogen and oxygen atoms in total. The molecule has 0 saturated carbocycles. The van der Waals surface area contributed by atoms with E-state index in [1.807, 2.05) is 0 Å². The molecule has 0 saturated heterocycles. The van der Waals surface area contributed by atoms with E-state index in [9.17, 15) is 43.2 Å². The number of carbonyl (C=O) groups is 4. The standard InChI is InChI=1S/C59H114O17P2/c1-6-9-12-15-18-21-22-23-29-33-38-43-57(62)70-49-55(76-59(64)45-40-35-30-25-24-26-31-36-41-52(4)5)51-74-78(67,68)72-47-53(60)46-71-77(65,66)73-50-54(75-58(63)44-39-34-28-20-17-14-11-8-3)48-69-56(61)42-37-32-27-19-16-13-10-7-2/h52-55,60H,6-51H2,1-5H3,(H,65,66)(H,67,68)/t53-,54+,55+/m0/s1. The molecule has 19 heteroatoms. The van der Waals surface area contributed by atoms with Crippen molar-refractivity contribution in [1.82, 2.24) is 0 Å². The van der Waals surface area contributed by atoms with Crippen LogP contribution in [0, 0.1) is 5.92 Å². The van der Waals surface area contributed by atoms with Crippen molar-refractivity contribution in [2.75, 3.05) is 39.6 Å². The van der Waals surface area contributed by atoms with Gasteiger partial charge in [-0.1, -0.05) is 240 Å². The highest BCUT2D eigenvalue weighted by molar-refractivity contribution is 7.47. The molecule has 0 fully saturated rings. The van der Waals surface area contributed by atoms with E-state index in [0.717, 1.165) is 109 Å². The van der Waals surface area contributed by atoms with Crippen molar-refractivity contribution < 1.29 is 80.2 Å². The van der Waals surface area contributed by atoms with Crippen molar-refractivity contribution in [2.45, 2.75) is 310 Å². The normalized spacial score (nSPS) is 14.4. The Hall–Kier alpha value is -1.94. The first-order valence-corrected chi connectivity index (χ1v) is 34.1. The summed E-state index contributed by atoms with van der Waals surface area (Å²) in [6.45, 7) is 7.06. The van der Waals surface area contributed by atoms with Crippen LogP contribution < -0.4 is 0 Å². The lowest BCUT2D eigenvalue weighted by Crippen LogP contribution is -2.30. The van der Waals surface area contributed by atoms with Gasteiger partial charge in [-0.25, -0.2) is 9.13 Å². The Bertz CT molecular complexity index is 1530. The molecule has 462 valence electrons. The van der Waals surface area contributed by atoms with Gasteiger partial charge in [-0.15, -0.1) is 0 Å². The summed E-state index contributed by atoms with van der Waals surface area (Å²) in [6, 6.07) is 0. The van der Waals surface area contributed by atoms with Crippen molar-refractivity contribution >= 4 is 39.5 Å². The second kappa shape index (κ2) is 53.1. The lowest BCUT2D eigenvalue weighted by Gasteiger charge is -2.21. The summed E-state index contributed by atoms with van der Waals surface area (Å²) in [5.41, 5.74) is 0. The van der Waals surface area contributed by atoms with Crippen molar-refractivity contribution in [2.24, 2.45) is 5.92 Å². The molecule has 78 heavy (non-hydrogen) atoms. The Morgan fingerprint density at radius 2 is 0.590 bits per heavy atom. The van der Waals surface area contributed by atoms with Gasteiger partial charge in [0, 0.05) is 25.7 Å². The lowest BCUT2D eigenvalue weighted by molar-refractivity contribution is -0.161. The SMILES string of the molecule is CCCCCCCCCCCCCC(=O)OC[C@H](COP(=O)(O)OC[C@@H](O)COP(=O)(O)OC[C@@H](COC(=O)CCCCCCCCCC)OC(=O)CCCCCCCCCC)OC(=O)CCCCCCCCCCC(C)C. The van der Waals surface area contributed by atoms with E-state index in [-0.39, 0.29) is 25.7 Å². The number of phosphoric acid groups is 2. The molecule has 0 aliphatic rings. The van der Waals surface area contributed by atoms with Crippen LogP contribution in [-0.2, 0) is 65.4 Å². The van der Waals surface area contributed by atoms with Gasteiger partial charge in [-0.05, 0) is 31.6 Å². The van der Waals surface area contributed by atoms with Crippen LogP contribution in [0.15, 0.2) is 0 Å². The van der Waals surface area contributed by atoms with Gasteiger partial charge >= 0.3 is 39.5 Å². The minimum atomic E-state index is -4.94. The number of phosphoric ester groups is 2. The second-order valence-electron chi connectivity index (χ2n) is 21.9. The van der Waals surface area contributed by atoms with E-state index in [1.165, 1.54) is 103 Å². The van der Waals surface area contributed by atoms with E-state index >= 15 is 0 Å². The Morgan fingerprint density at radius 1 is 0.346 bits per heavy atom. The zero-order valence-corrected chi connectivity index (χ0v) is 51.6. The Labute approximate surface area is 473 Å². The summed E-state index contributed by atoms with van der Waals surface area (Å²) < 4.78 is 67.6. The number of hydrogen-bond acceptors (Lipinski definition) is 15. The maximum atomic E-state index is 12.9. The predicted molar refractivity (Wildman–Crippen MR) is 308 cm³/mol. The van der Waals surface area contributed by atoms with Gasteiger partial charge in [0.05, 0.1) is 26.4 Å². The minimum absolute atomic E-state index is 0.105. The molecule has 0 radical (unpaired) electrons. The number of aliphatic hydroxyl groups excluding tert-OH is 1. The van der Waals surface area contributed by atoms with Gasteiger partial charge in [-0.3, -0.25) is 37.3 Å². The smallest absolute Gasteiger partial charge is 0.462 e. The van der Waals surface area contributed by atoms with Crippen LogP contribution in [0.3, 0.4) is 0 Å². The highest BCUT2D eigenvalue weighted by atomic mass is 31.2. The highest BCUT2D eigenvalue weighted by Gasteiger charge is 2.30. The second-order valence-corrected chi connectivity index (χ2v) is 24.8. The predicted octanol–water partition coefficient (Wildman–Crippen LogP) is 15.8. The highest BCUT2D eigenvalue weighted by Crippen LogP contribution is 2.45. The molecular weight excluding hydrogens is 1040 g/mol. The Morgan fingerprint density at radius 3 is 0.872 bits per heavy atom. The zero-order chi connectivity index (χ0) is 57.8. The third kappa shape index (κ3) is 53.4. The monoisotopic (exact) mass is 1160 g/mol. The number of aliphatic hydroxyl groups is 1. The van der Waals surface area contributed by atoms with E-state index in [0.29, 0.717) is 25.7 Å². The molecule has 2 unspecified atom stereocenters. The first-order valence-electron chi connectivity index (χ1n) is 31.1. The molecule has 0 bridgehead atoms. The van der Waals surface area contributed by atoms with Gasteiger partial charge in [0.15, 0.2) is 12.2 Å². The van der Waals surface area contributed by atoms with Gasteiger partial charge in [0.1, 0.15) is 19.3 Å². The van der Waals surface area contributed by atoms with Crippen LogP contribution in [-0.4, -0.2) is 96.7 Å². The molecule has 0 amide bonds. The fraction of sp³-hybridized carbons (Fsp3) is 0.932. The average molecular weight is 1160 g/mol. The van der Waals surface area contributed by atoms with Crippen molar-refractivity contribution in [3.63, 3.8) is 0 Å². The Kier molecular flexibility index (Phi) is 51.8. The van der Waals surface area contributed by atoms with Crippen LogP contribution in [0.5, 0.6) is 0 Å². The topological polar surface area (TPSA) is 237 Å². The number of carbonyl (C=O) groups excluding carboxylic acids is 4. The molecule has 0 aliphatic heterocycles. The Balaban J connectivity index is 5.21. The minimum Gasteiger partial charge on any atom is -0.462 e. The van der Waals surface area contributed by atoms with Crippen molar-refractivity contribution in [3.8, 4) is 0 Å². The van der Waals surface area contributed by atoms with E-state index in [2.05, 4.69) is 34.6 Å². The van der Waals surface area contributed by atoms with Crippen molar-refractivity contribution in [1.29, 1.82) is 0 Å². The summed E-state index contributed by atoms with van der Waals surface area (Å²) in [5.74, 6) is -1.43. The van der Waals surface area contributed by atoms with Crippen LogP contribution in [0.1, 0.15) is 291 Å². The third-order valence-corrected chi connectivity index (χ3v) is 15.4. The third-order valence-electron chi connectivity index (χ3n) is 13.5. The average Bonchev–Trinajstić information content (AvgIpc) is 3.40. The van der Waals surface area contributed by atoms with Gasteiger partial charge in [0.2, 0.25) is 0 Å². The van der Waals surface area contributed by atoms with Gasteiger partial charge < -0.3 is 33.8 Å². The molecule has 0 aliphatic carbocycles. The van der Waals surface area contributed by atoms with Gasteiger partial charge in [0.25, 0.3) is 0 Å². The molecule has 0 spiro atoms. The summed E-state index contributed by atoms with van der Waals surface area (Å²) in [7, 11) is -9.87. The van der Waals surface area contributed by atoms with Crippen LogP contribution in [0.4, 0.5) is 0 Å². The molecular formula is C59H114O17P2. The molecule has 0 rings (SSSR count). The molecule has 3 N–H and O–H groups in total. The van der Waals surface area contributed by atoms with Crippen molar-refractivity contribution in [3.05, 3.63) is 0 Å². The number of hydrogen-bond donors (Lipinski definition) is 3. The van der Waals surface area contributed by atoms with E-state index < -0.39 is 97.5 Å². The zero-order valence-electron chi connectivity index (χ0n) is 49.8. The quantitative estimate of drug-likeness (QED) is 0.0222. The van der Waals surface area contributed by atoms with Gasteiger partial charge in [-0.2, -0.15) is 0 Å². The van der Waals surface area contributed by atoms with Crippen LogP contribution in [0.25, 0.3) is 0 Å². The molecule has 0 aromatic rings. The summed E-state index contributed by atoms with van der Waals surface area (Å²) in [6.07, 6.45) is 34.9. The summed E-state index contributed by atoms with van der Waals surface area (Å²) >= 11 is 0. The fourth-order valence-corrected chi connectivity index (χ4v) is 10.3. The first kappa shape index (κ1) is 76.1. The van der Waals surface area contributed by atoms with E-state index in [1.54, 1.807) is 0 Å². The summed E-state index contributed by atoms with van der Waals surface area (Å²) in [4.78, 5) is 71.8.